The molecule has 0 saturated carbocycles. The van der Waals surface area contributed by atoms with E-state index in [1.165, 1.54) is 6.39 Å². The summed E-state index contributed by atoms with van der Waals surface area (Å²) in [5, 5.41) is 7.32. The number of aryl methyl sites for hydroxylation is 1. The van der Waals surface area contributed by atoms with Crippen LogP contribution in [-0.4, -0.2) is 23.4 Å². The molecule has 4 heteroatoms. The summed E-state index contributed by atoms with van der Waals surface area (Å²) in [5.74, 6) is 0.674. The van der Waals surface area contributed by atoms with Gasteiger partial charge in [0.2, 0.25) is 12.3 Å². The van der Waals surface area contributed by atoms with Gasteiger partial charge >= 0.3 is 0 Å². The highest BCUT2D eigenvalue weighted by Gasteiger charge is 1.97. The maximum Gasteiger partial charge on any atom is 0.216 e. The second-order valence-electron chi connectivity index (χ2n) is 2.40. The van der Waals surface area contributed by atoms with Crippen LogP contribution in [0.1, 0.15) is 18.7 Å². The molecule has 0 amide bonds. The molecule has 0 aliphatic rings. The number of nitrogens with zero attached hydrogens (tertiary/aromatic N) is 2. The molecule has 67 valence electrons. The van der Waals surface area contributed by atoms with Gasteiger partial charge in [-0.15, -0.1) is 10.2 Å². The lowest BCUT2D eigenvalue weighted by Gasteiger charge is -1.98. The zero-order chi connectivity index (χ0) is 8.65. The van der Waals surface area contributed by atoms with Crippen LogP contribution in [0.3, 0.4) is 0 Å². The lowest BCUT2D eigenvalue weighted by molar-refractivity contribution is 0.134. The molecule has 4 nitrogen and oxygen atoms in total. The summed E-state index contributed by atoms with van der Waals surface area (Å²) in [6, 6.07) is 0. The van der Waals surface area contributed by atoms with Crippen molar-refractivity contribution in [2.75, 3.05) is 13.2 Å². The van der Waals surface area contributed by atoms with Crippen LogP contribution in [0, 0.1) is 6.92 Å². The van der Waals surface area contributed by atoms with Crippen LogP contribution in [0.4, 0.5) is 0 Å². The summed E-state index contributed by atoms with van der Waals surface area (Å²) >= 11 is 0. The second-order valence-corrected chi connectivity index (χ2v) is 2.40. The third kappa shape index (κ3) is 3.48. The Kier molecular flexibility index (Phi) is 4.37. The molecular formula is C8H13N2O2. The molecule has 0 N–H and O–H groups in total. The van der Waals surface area contributed by atoms with E-state index in [0.717, 1.165) is 32.5 Å². The molecule has 0 atom stereocenters. The Hall–Kier alpha value is -0.900. The molecule has 1 aromatic heterocycles. The fourth-order valence-electron chi connectivity index (χ4n) is 0.834. The molecule has 0 bridgehead atoms. The molecule has 0 aliphatic heterocycles. The molecule has 0 spiro atoms. The molecule has 0 aliphatic carbocycles. The summed E-state index contributed by atoms with van der Waals surface area (Å²) in [5.41, 5.74) is 0. The smallest absolute Gasteiger partial charge is 0.216 e. The van der Waals surface area contributed by atoms with E-state index < -0.39 is 0 Å². The van der Waals surface area contributed by atoms with E-state index >= 15 is 0 Å². The Labute approximate surface area is 71.9 Å². The topological polar surface area (TPSA) is 48.2 Å². The quantitative estimate of drug-likeness (QED) is 0.601. The SMILES string of the molecule is [CH2]CCOCCCc1nnco1. The van der Waals surface area contributed by atoms with E-state index in [-0.39, 0.29) is 0 Å². The number of rotatable bonds is 6. The van der Waals surface area contributed by atoms with Crippen LogP contribution in [-0.2, 0) is 11.2 Å². The zero-order valence-electron chi connectivity index (χ0n) is 7.03. The first-order valence-corrected chi connectivity index (χ1v) is 4.05. The van der Waals surface area contributed by atoms with Crippen LogP contribution < -0.4 is 0 Å². The fraction of sp³-hybridized carbons (Fsp3) is 0.625. The lowest BCUT2D eigenvalue weighted by Crippen LogP contribution is -1.97. The van der Waals surface area contributed by atoms with Gasteiger partial charge in [-0.05, 0) is 12.8 Å². The minimum atomic E-state index is 0.674. The summed E-state index contributed by atoms with van der Waals surface area (Å²) in [7, 11) is 0. The maximum atomic E-state index is 5.23. The van der Waals surface area contributed by atoms with Gasteiger partial charge in [0.1, 0.15) is 0 Å². The summed E-state index contributed by atoms with van der Waals surface area (Å²) in [6.45, 7) is 5.13. The monoisotopic (exact) mass is 169 g/mol. The average Bonchev–Trinajstić information content (AvgIpc) is 2.57. The first-order chi connectivity index (χ1) is 5.93. The van der Waals surface area contributed by atoms with Crippen molar-refractivity contribution in [3.8, 4) is 0 Å². The molecule has 0 fully saturated rings. The van der Waals surface area contributed by atoms with Crippen molar-refractivity contribution in [2.24, 2.45) is 0 Å². The highest BCUT2D eigenvalue weighted by molar-refractivity contribution is 4.71. The molecule has 0 unspecified atom stereocenters. The van der Waals surface area contributed by atoms with Gasteiger partial charge in [0.05, 0.1) is 0 Å². The van der Waals surface area contributed by atoms with Crippen LogP contribution >= 0.6 is 0 Å². The zero-order valence-corrected chi connectivity index (χ0v) is 7.03. The first-order valence-electron chi connectivity index (χ1n) is 4.05. The van der Waals surface area contributed by atoms with Crippen molar-refractivity contribution >= 4 is 0 Å². The van der Waals surface area contributed by atoms with Crippen molar-refractivity contribution < 1.29 is 9.15 Å². The Balaban J connectivity index is 1.96. The minimum absolute atomic E-state index is 0.674. The molecular weight excluding hydrogens is 156 g/mol. The average molecular weight is 169 g/mol. The number of hydrogen-bond donors (Lipinski definition) is 0. The van der Waals surface area contributed by atoms with E-state index in [0.29, 0.717) is 5.89 Å². The normalized spacial score (nSPS) is 10.4. The molecule has 12 heavy (non-hydrogen) atoms. The Morgan fingerprint density at radius 3 is 3.08 bits per heavy atom. The fourth-order valence-corrected chi connectivity index (χ4v) is 0.834. The summed E-state index contributed by atoms with van der Waals surface area (Å²) < 4.78 is 10.2. The summed E-state index contributed by atoms with van der Waals surface area (Å²) in [4.78, 5) is 0. The highest BCUT2D eigenvalue weighted by Crippen LogP contribution is 1.97. The van der Waals surface area contributed by atoms with E-state index in [2.05, 4.69) is 17.1 Å². The summed E-state index contributed by atoms with van der Waals surface area (Å²) in [6.07, 6.45) is 3.87. The predicted octanol–water partition coefficient (Wildman–Crippen LogP) is 1.24. The Morgan fingerprint density at radius 2 is 2.42 bits per heavy atom. The van der Waals surface area contributed by atoms with Gasteiger partial charge in [0.15, 0.2) is 0 Å². The predicted molar refractivity (Wildman–Crippen MR) is 43.4 cm³/mol. The van der Waals surface area contributed by atoms with Crippen molar-refractivity contribution in [2.45, 2.75) is 19.3 Å². The second kappa shape index (κ2) is 5.71. The molecule has 1 rings (SSSR count). The van der Waals surface area contributed by atoms with Gasteiger partial charge in [0, 0.05) is 19.6 Å². The third-order valence-corrected chi connectivity index (χ3v) is 1.37. The van der Waals surface area contributed by atoms with Gasteiger partial charge < -0.3 is 9.15 Å². The Morgan fingerprint density at radius 1 is 1.50 bits per heavy atom. The van der Waals surface area contributed by atoms with Crippen LogP contribution in [0.25, 0.3) is 0 Å². The molecule has 0 saturated heterocycles. The van der Waals surface area contributed by atoms with Gasteiger partial charge in [0.25, 0.3) is 0 Å². The number of aromatic nitrogens is 2. The first kappa shape index (κ1) is 9.19. The Bertz CT molecular complexity index is 187. The van der Waals surface area contributed by atoms with E-state index in [9.17, 15) is 0 Å². The number of hydrogen-bond acceptors (Lipinski definition) is 4. The van der Waals surface area contributed by atoms with Crippen molar-refractivity contribution in [1.29, 1.82) is 0 Å². The van der Waals surface area contributed by atoms with E-state index in [1.807, 2.05) is 0 Å². The third-order valence-electron chi connectivity index (χ3n) is 1.37. The van der Waals surface area contributed by atoms with Gasteiger partial charge in [-0.1, -0.05) is 6.92 Å². The molecule has 1 heterocycles. The lowest BCUT2D eigenvalue weighted by atomic mass is 10.3. The largest absolute Gasteiger partial charge is 0.428 e. The molecule has 0 aromatic carbocycles. The molecule has 1 aromatic rings. The van der Waals surface area contributed by atoms with Crippen LogP contribution in [0.5, 0.6) is 0 Å². The van der Waals surface area contributed by atoms with E-state index in [1.54, 1.807) is 0 Å². The van der Waals surface area contributed by atoms with Crippen molar-refractivity contribution in [3.63, 3.8) is 0 Å². The highest BCUT2D eigenvalue weighted by atomic mass is 16.5. The van der Waals surface area contributed by atoms with E-state index in [4.69, 9.17) is 9.15 Å². The minimum Gasteiger partial charge on any atom is -0.428 e. The van der Waals surface area contributed by atoms with Crippen molar-refractivity contribution in [3.05, 3.63) is 19.2 Å². The number of ether oxygens (including phenoxy) is 1. The van der Waals surface area contributed by atoms with Gasteiger partial charge in [-0.2, -0.15) is 0 Å². The van der Waals surface area contributed by atoms with Crippen molar-refractivity contribution in [1.82, 2.24) is 10.2 Å². The van der Waals surface area contributed by atoms with Crippen LogP contribution in [0.2, 0.25) is 0 Å². The maximum absolute atomic E-state index is 5.23. The van der Waals surface area contributed by atoms with Gasteiger partial charge in [-0.3, -0.25) is 0 Å². The van der Waals surface area contributed by atoms with Crippen LogP contribution in [0.15, 0.2) is 10.8 Å². The standard InChI is InChI=1S/C8H13N2O2/c1-2-5-11-6-3-4-8-10-9-7-12-8/h7H,1-6H2. The van der Waals surface area contributed by atoms with Gasteiger partial charge in [-0.25, -0.2) is 0 Å². The molecule has 1 radical (unpaired) electrons.